The molecule has 0 unspecified atom stereocenters. The summed E-state index contributed by atoms with van der Waals surface area (Å²) in [6, 6.07) is 0. The average Bonchev–Trinajstić information content (AvgIpc) is 2.42. The molecular weight excluding hydrogens is 234 g/mol. The number of nitrogens with zero attached hydrogens (tertiary/aromatic N) is 2. The van der Waals surface area contributed by atoms with Crippen LogP contribution in [0.15, 0.2) is 0 Å². The number of amides is 1. The maximum absolute atomic E-state index is 12.0. The van der Waals surface area contributed by atoms with Gasteiger partial charge in [0.05, 0.1) is 5.69 Å². The van der Waals surface area contributed by atoms with Crippen LogP contribution in [-0.2, 0) is 6.54 Å². The summed E-state index contributed by atoms with van der Waals surface area (Å²) in [5.41, 5.74) is 0.600. The third-order valence-electron chi connectivity index (χ3n) is 1.99. The lowest BCUT2D eigenvalue weighted by Gasteiger charge is -2.19. The first-order valence-corrected chi connectivity index (χ1v) is 6.44. The highest BCUT2D eigenvalue weighted by molar-refractivity contribution is 7.13. The standard InChI is InChI=1S/C12H21N3OS/c1-8-10(11(16)14-12(2,3)4)17-9(13-8)7-15(5)6/h7H2,1-6H3,(H,14,16). The average molecular weight is 255 g/mol. The van der Waals surface area contributed by atoms with Crippen LogP contribution in [-0.4, -0.2) is 35.4 Å². The Balaban J connectivity index is 2.84. The highest BCUT2D eigenvalue weighted by Gasteiger charge is 2.20. The summed E-state index contributed by atoms with van der Waals surface area (Å²) in [5, 5.41) is 3.94. The topological polar surface area (TPSA) is 45.2 Å². The summed E-state index contributed by atoms with van der Waals surface area (Å²) < 4.78 is 0. The van der Waals surface area contributed by atoms with Gasteiger partial charge in [-0.3, -0.25) is 4.79 Å². The minimum Gasteiger partial charge on any atom is -0.347 e. The van der Waals surface area contributed by atoms with E-state index in [9.17, 15) is 4.79 Å². The zero-order chi connectivity index (χ0) is 13.2. The van der Waals surface area contributed by atoms with Crippen molar-refractivity contribution in [2.45, 2.75) is 39.8 Å². The predicted molar refractivity (Wildman–Crippen MR) is 71.5 cm³/mol. The van der Waals surface area contributed by atoms with Crippen LogP contribution in [0.4, 0.5) is 0 Å². The van der Waals surface area contributed by atoms with Crippen molar-refractivity contribution in [3.8, 4) is 0 Å². The third-order valence-corrected chi connectivity index (χ3v) is 3.13. The molecule has 0 spiro atoms. The van der Waals surface area contributed by atoms with E-state index in [1.165, 1.54) is 11.3 Å². The molecule has 1 amide bonds. The number of carbonyl (C=O) groups excluding carboxylic acids is 1. The predicted octanol–water partition coefficient (Wildman–Crippen LogP) is 2.04. The monoisotopic (exact) mass is 255 g/mol. The molecule has 4 nitrogen and oxygen atoms in total. The van der Waals surface area contributed by atoms with Crippen LogP contribution in [0.25, 0.3) is 0 Å². The van der Waals surface area contributed by atoms with Crippen LogP contribution in [0.2, 0.25) is 0 Å². The summed E-state index contributed by atoms with van der Waals surface area (Å²) in [4.78, 5) is 19.2. The molecule has 0 fully saturated rings. The molecule has 1 rings (SSSR count). The van der Waals surface area contributed by atoms with Gasteiger partial charge in [-0.2, -0.15) is 0 Å². The van der Waals surface area contributed by atoms with Crippen LogP contribution in [0.1, 0.15) is 41.1 Å². The lowest BCUT2D eigenvalue weighted by atomic mass is 10.1. The fraction of sp³-hybridized carbons (Fsp3) is 0.667. The van der Waals surface area contributed by atoms with E-state index in [4.69, 9.17) is 0 Å². The molecule has 96 valence electrons. The molecule has 1 N–H and O–H groups in total. The van der Waals surface area contributed by atoms with Crippen molar-refractivity contribution in [3.63, 3.8) is 0 Å². The van der Waals surface area contributed by atoms with Crippen LogP contribution in [0, 0.1) is 6.92 Å². The third kappa shape index (κ3) is 4.44. The number of rotatable bonds is 3. The van der Waals surface area contributed by atoms with Gasteiger partial charge in [-0.25, -0.2) is 4.98 Å². The minimum absolute atomic E-state index is 0.0301. The quantitative estimate of drug-likeness (QED) is 0.899. The zero-order valence-corrected chi connectivity index (χ0v) is 12.2. The van der Waals surface area contributed by atoms with Crippen molar-refractivity contribution >= 4 is 17.2 Å². The number of aryl methyl sites for hydroxylation is 1. The smallest absolute Gasteiger partial charge is 0.263 e. The van der Waals surface area contributed by atoms with Gasteiger partial charge in [0.2, 0.25) is 0 Å². The van der Waals surface area contributed by atoms with Gasteiger partial charge in [0.15, 0.2) is 0 Å². The summed E-state index contributed by atoms with van der Waals surface area (Å²) in [5.74, 6) is -0.0301. The molecule has 0 saturated heterocycles. The largest absolute Gasteiger partial charge is 0.347 e. The Hall–Kier alpha value is -0.940. The van der Waals surface area contributed by atoms with Gasteiger partial charge in [-0.05, 0) is 41.8 Å². The SMILES string of the molecule is Cc1nc(CN(C)C)sc1C(=O)NC(C)(C)C. The van der Waals surface area contributed by atoms with Gasteiger partial charge in [-0.1, -0.05) is 0 Å². The van der Waals surface area contributed by atoms with Gasteiger partial charge in [0.25, 0.3) is 5.91 Å². The van der Waals surface area contributed by atoms with Gasteiger partial charge in [-0.15, -0.1) is 11.3 Å². The molecule has 0 radical (unpaired) electrons. The van der Waals surface area contributed by atoms with Crippen molar-refractivity contribution in [2.24, 2.45) is 0 Å². The number of hydrogen-bond donors (Lipinski definition) is 1. The molecule has 0 aliphatic carbocycles. The molecule has 5 heteroatoms. The first-order valence-electron chi connectivity index (χ1n) is 5.62. The Morgan fingerprint density at radius 2 is 2.00 bits per heavy atom. The Morgan fingerprint density at radius 1 is 1.41 bits per heavy atom. The van der Waals surface area contributed by atoms with Gasteiger partial charge in [0.1, 0.15) is 9.88 Å². The van der Waals surface area contributed by atoms with E-state index in [2.05, 4.69) is 10.3 Å². The maximum atomic E-state index is 12.0. The first kappa shape index (κ1) is 14.1. The fourth-order valence-corrected chi connectivity index (χ4v) is 2.48. The number of hydrogen-bond acceptors (Lipinski definition) is 4. The van der Waals surface area contributed by atoms with Crippen LogP contribution in [0.5, 0.6) is 0 Å². The zero-order valence-electron chi connectivity index (χ0n) is 11.4. The molecule has 1 aromatic heterocycles. The Kier molecular flexibility index (Phi) is 4.27. The van der Waals surface area contributed by atoms with Crippen molar-refractivity contribution in [1.82, 2.24) is 15.2 Å². The molecule has 0 aromatic carbocycles. The lowest BCUT2D eigenvalue weighted by Crippen LogP contribution is -2.40. The maximum Gasteiger partial charge on any atom is 0.263 e. The van der Waals surface area contributed by atoms with E-state index in [1.54, 1.807) is 0 Å². The summed E-state index contributed by atoms with van der Waals surface area (Å²) >= 11 is 1.47. The highest BCUT2D eigenvalue weighted by Crippen LogP contribution is 2.19. The van der Waals surface area contributed by atoms with Crippen LogP contribution < -0.4 is 5.32 Å². The van der Waals surface area contributed by atoms with E-state index in [-0.39, 0.29) is 11.4 Å². The summed E-state index contributed by atoms with van der Waals surface area (Å²) in [6.45, 7) is 8.58. The molecule has 0 saturated carbocycles. The molecule has 1 aromatic rings. The van der Waals surface area contributed by atoms with Crippen molar-refractivity contribution < 1.29 is 4.79 Å². The Morgan fingerprint density at radius 3 is 2.47 bits per heavy atom. The second-order valence-electron chi connectivity index (χ2n) is 5.46. The second kappa shape index (κ2) is 5.14. The number of aromatic nitrogens is 1. The fourth-order valence-electron chi connectivity index (χ4n) is 1.40. The highest BCUT2D eigenvalue weighted by atomic mass is 32.1. The minimum atomic E-state index is -0.213. The normalized spacial score (nSPS) is 11.9. The molecular formula is C12H21N3OS. The number of nitrogens with one attached hydrogen (secondary N) is 1. The lowest BCUT2D eigenvalue weighted by molar-refractivity contribution is 0.0923. The van der Waals surface area contributed by atoms with Crippen molar-refractivity contribution in [3.05, 3.63) is 15.6 Å². The van der Waals surface area contributed by atoms with Crippen molar-refractivity contribution in [1.29, 1.82) is 0 Å². The molecule has 17 heavy (non-hydrogen) atoms. The van der Waals surface area contributed by atoms with E-state index in [0.717, 1.165) is 22.1 Å². The number of carbonyl (C=O) groups is 1. The van der Waals surface area contributed by atoms with Gasteiger partial charge in [0, 0.05) is 12.1 Å². The molecule has 0 aliphatic rings. The van der Waals surface area contributed by atoms with Gasteiger partial charge < -0.3 is 10.2 Å². The molecule has 1 heterocycles. The van der Waals surface area contributed by atoms with E-state index in [1.807, 2.05) is 46.7 Å². The first-order chi connectivity index (χ1) is 7.69. The van der Waals surface area contributed by atoms with E-state index >= 15 is 0 Å². The van der Waals surface area contributed by atoms with Crippen molar-refractivity contribution in [2.75, 3.05) is 14.1 Å². The van der Waals surface area contributed by atoms with E-state index in [0.29, 0.717) is 0 Å². The second-order valence-corrected chi connectivity index (χ2v) is 6.55. The van der Waals surface area contributed by atoms with Gasteiger partial charge >= 0.3 is 0 Å². The number of thiazole rings is 1. The molecule has 0 aliphatic heterocycles. The molecule has 0 atom stereocenters. The van der Waals surface area contributed by atoms with E-state index < -0.39 is 0 Å². The Bertz CT molecular complexity index is 404. The van der Waals surface area contributed by atoms with Crippen LogP contribution >= 0.6 is 11.3 Å². The summed E-state index contributed by atoms with van der Waals surface area (Å²) in [7, 11) is 3.98. The Labute approximate surface area is 107 Å². The van der Waals surface area contributed by atoms with Crippen LogP contribution in [0.3, 0.4) is 0 Å². The summed E-state index contributed by atoms with van der Waals surface area (Å²) in [6.07, 6.45) is 0. The molecule has 0 bridgehead atoms.